The highest BCUT2D eigenvalue weighted by molar-refractivity contribution is 7.13. The lowest BCUT2D eigenvalue weighted by Gasteiger charge is -2.36. The van der Waals surface area contributed by atoms with Gasteiger partial charge in [-0.3, -0.25) is 49.0 Å². The van der Waals surface area contributed by atoms with E-state index < -0.39 is 53.8 Å². The van der Waals surface area contributed by atoms with Gasteiger partial charge >= 0.3 is 0 Å². The summed E-state index contributed by atoms with van der Waals surface area (Å²) in [5.41, 5.74) is 5.20. The molecule has 2 fully saturated rings. The number of ether oxygens (including phenoxy) is 4. The molecule has 1 aliphatic carbocycles. The van der Waals surface area contributed by atoms with E-state index in [4.69, 9.17) is 18.9 Å². The molecule has 0 saturated carbocycles. The summed E-state index contributed by atoms with van der Waals surface area (Å²) in [6.45, 7) is 4.36. The maximum atomic E-state index is 14.0. The lowest BCUT2D eigenvalue weighted by atomic mass is 9.82. The Labute approximate surface area is 430 Å². The molecule has 20 heteroatoms. The number of ketones is 2. The SMILES string of the molecule is O=C(COc1cccc2c1C(=O)C(C1CCC(=O)NC1=O)C2=O)NCCOCCOCCOCCC(=O)N1CCN(c2ccc(-c3ccc4c(c3)C(=O)N(C(C(=O)Nc3nccs3)c3ccccc3)C4)cc2)CC1. The average Bonchev–Trinajstić information content (AvgIpc) is 4.12. The fourth-order valence-corrected chi connectivity index (χ4v) is 10.2. The zero-order chi connectivity index (χ0) is 51.6. The number of benzene rings is 4. The first-order chi connectivity index (χ1) is 36.0. The van der Waals surface area contributed by atoms with Crippen molar-refractivity contribution in [3.05, 3.63) is 130 Å². The van der Waals surface area contributed by atoms with Crippen LogP contribution in [0.1, 0.15) is 67.5 Å². The number of hydrogen-bond acceptors (Lipinski definition) is 15. The summed E-state index contributed by atoms with van der Waals surface area (Å²) < 4.78 is 22.3. The number of aromatic nitrogens is 1. The molecule has 3 unspecified atom stereocenters. The van der Waals surface area contributed by atoms with Crippen LogP contribution in [0.2, 0.25) is 0 Å². The normalized spacial score (nSPS) is 17.7. The number of piperidine rings is 1. The minimum atomic E-state index is -1.24. The zero-order valence-electron chi connectivity index (χ0n) is 40.5. The number of rotatable bonds is 22. The lowest BCUT2D eigenvalue weighted by molar-refractivity contribution is -0.137. The Morgan fingerprint density at radius 2 is 1.50 bits per heavy atom. The van der Waals surface area contributed by atoms with E-state index in [-0.39, 0.29) is 80.2 Å². The molecule has 0 spiro atoms. The molecular formula is C54H55N7O12S. The van der Waals surface area contributed by atoms with Gasteiger partial charge in [-0.15, -0.1) is 11.3 Å². The van der Waals surface area contributed by atoms with E-state index in [1.807, 2.05) is 65.6 Å². The number of nitrogens with zero attached hydrogens (tertiary/aromatic N) is 4. The van der Waals surface area contributed by atoms with E-state index in [1.54, 1.807) is 16.5 Å². The molecule has 74 heavy (non-hydrogen) atoms. The van der Waals surface area contributed by atoms with E-state index in [0.717, 1.165) is 22.4 Å². The number of piperazine rings is 1. The molecule has 0 bridgehead atoms. The highest BCUT2D eigenvalue weighted by Gasteiger charge is 2.49. The van der Waals surface area contributed by atoms with Crippen LogP contribution in [0.25, 0.3) is 11.1 Å². The van der Waals surface area contributed by atoms with Gasteiger partial charge in [0.2, 0.25) is 17.7 Å². The zero-order valence-corrected chi connectivity index (χ0v) is 41.3. The topological polar surface area (TPSA) is 232 Å². The molecule has 4 aromatic carbocycles. The lowest BCUT2D eigenvalue weighted by Crippen LogP contribution is -2.49. The summed E-state index contributed by atoms with van der Waals surface area (Å²) in [6, 6.07) is 27.0. The second kappa shape index (κ2) is 23.9. The Hall–Kier alpha value is -7.65. The van der Waals surface area contributed by atoms with Gasteiger partial charge in [-0.2, -0.15) is 0 Å². The Kier molecular flexibility index (Phi) is 16.6. The number of carbonyl (C=O) groups is 8. The predicted molar refractivity (Wildman–Crippen MR) is 271 cm³/mol. The molecule has 19 nitrogen and oxygen atoms in total. The molecule has 3 atom stereocenters. The Morgan fingerprint density at radius 1 is 0.770 bits per heavy atom. The van der Waals surface area contributed by atoms with Crippen LogP contribution < -0.4 is 25.6 Å². The van der Waals surface area contributed by atoms with Crippen molar-refractivity contribution in [2.75, 3.05) is 89.2 Å². The standard InChI is InChI=1S/C54H55N7O12S/c62-43-16-15-40(51(67)57-43)47-49(65)39-7-4-8-42(46(39)50(47)66)73-33-44(63)55-18-25-71-27-29-72-28-26-70-24-17-45(64)60-22-20-59(21-23-60)38-13-11-34(12-14-38)36-9-10-37-32-61(53(69)41(37)31-36)48(35-5-2-1-3-6-35)52(68)58-54-56-19-30-74-54/h1-14,19,30-31,40,47-48H,15-18,20-29,32-33H2,(H,55,63)(H,56,58,68)(H,57,62,67). The first-order valence-corrected chi connectivity index (χ1v) is 25.4. The van der Waals surface area contributed by atoms with E-state index in [9.17, 15) is 38.4 Å². The molecule has 6 amide bonds. The molecule has 2 saturated heterocycles. The van der Waals surface area contributed by atoms with Gasteiger partial charge in [-0.25, -0.2) is 4.98 Å². The van der Waals surface area contributed by atoms with Crippen molar-refractivity contribution < 1.29 is 57.3 Å². The van der Waals surface area contributed by atoms with Crippen LogP contribution in [0.5, 0.6) is 5.75 Å². The number of thiazole rings is 1. The molecule has 9 rings (SSSR count). The molecule has 3 aliphatic heterocycles. The minimum absolute atomic E-state index is 0.0308. The highest BCUT2D eigenvalue weighted by atomic mass is 32.1. The van der Waals surface area contributed by atoms with Crippen molar-refractivity contribution in [2.24, 2.45) is 11.8 Å². The van der Waals surface area contributed by atoms with E-state index >= 15 is 0 Å². The first-order valence-electron chi connectivity index (χ1n) is 24.5. The highest BCUT2D eigenvalue weighted by Crippen LogP contribution is 2.40. The molecule has 1 aromatic heterocycles. The van der Waals surface area contributed by atoms with Crippen molar-refractivity contribution in [1.82, 2.24) is 25.4 Å². The molecule has 5 aromatic rings. The van der Waals surface area contributed by atoms with Crippen molar-refractivity contribution in [1.29, 1.82) is 0 Å². The summed E-state index contributed by atoms with van der Waals surface area (Å²) in [4.78, 5) is 113. The second-order valence-corrected chi connectivity index (χ2v) is 18.9. The smallest absolute Gasteiger partial charge is 0.258 e. The Morgan fingerprint density at radius 3 is 2.23 bits per heavy atom. The monoisotopic (exact) mass is 1030 g/mol. The number of imide groups is 1. The molecule has 3 N–H and O–H groups in total. The van der Waals surface area contributed by atoms with Gasteiger partial charge in [0.15, 0.2) is 23.3 Å². The van der Waals surface area contributed by atoms with Crippen LogP contribution >= 0.6 is 11.3 Å². The summed E-state index contributed by atoms with van der Waals surface area (Å²) in [5, 5.41) is 9.99. The second-order valence-electron chi connectivity index (χ2n) is 18.0. The summed E-state index contributed by atoms with van der Waals surface area (Å²) >= 11 is 1.32. The van der Waals surface area contributed by atoms with Gasteiger partial charge in [-0.1, -0.05) is 66.7 Å². The molecule has 4 heterocycles. The van der Waals surface area contributed by atoms with Crippen LogP contribution in [0.4, 0.5) is 10.8 Å². The fraction of sp³-hybridized carbons (Fsp3) is 0.352. The number of nitrogens with one attached hydrogen (secondary N) is 3. The van der Waals surface area contributed by atoms with Gasteiger partial charge in [-0.05, 0) is 52.9 Å². The van der Waals surface area contributed by atoms with E-state index in [1.165, 1.54) is 29.5 Å². The largest absolute Gasteiger partial charge is 0.483 e. The minimum Gasteiger partial charge on any atom is -0.483 e. The third-order valence-electron chi connectivity index (χ3n) is 13.4. The molecule has 384 valence electrons. The van der Waals surface area contributed by atoms with E-state index in [2.05, 4.69) is 38.0 Å². The summed E-state index contributed by atoms with van der Waals surface area (Å²) in [5.74, 6) is -5.23. The van der Waals surface area contributed by atoms with Gasteiger partial charge in [0.05, 0.1) is 63.5 Å². The molecular weight excluding hydrogens is 971 g/mol. The number of carbonyl (C=O) groups excluding carboxylic acids is 8. The maximum Gasteiger partial charge on any atom is 0.258 e. The number of hydrogen-bond donors (Lipinski definition) is 3. The van der Waals surface area contributed by atoms with Gasteiger partial charge in [0.1, 0.15) is 11.8 Å². The van der Waals surface area contributed by atoms with Gasteiger partial charge < -0.3 is 39.0 Å². The van der Waals surface area contributed by atoms with Crippen LogP contribution in [-0.4, -0.2) is 141 Å². The van der Waals surface area contributed by atoms with Crippen LogP contribution in [-0.2, 0) is 44.7 Å². The number of amides is 6. The van der Waals surface area contributed by atoms with Gasteiger partial charge in [0, 0.05) is 74.1 Å². The van der Waals surface area contributed by atoms with Crippen LogP contribution in [0, 0.1) is 11.8 Å². The third-order valence-corrected chi connectivity index (χ3v) is 14.1. The predicted octanol–water partition coefficient (Wildman–Crippen LogP) is 4.48. The van der Waals surface area contributed by atoms with Crippen LogP contribution in [0.15, 0.2) is 103 Å². The maximum absolute atomic E-state index is 14.0. The van der Waals surface area contributed by atoms with E-state index in [0.29, 0.717) is 68.8 Å². The Bertz CT molecular complexity index is 2890. The fourth-order valence-electron chi connectivity index (χ4n) is 9.62. The molecule has 4 aliphatic rings. The van der Waals surface area contributed by atoms with Crippen molar-refractivity contribution in [2.45, 2.75) is 31.8 Å². The van der Waals surface area contributed by atoms with Crippen molar-refractivity contribution >= 4 is 69.2 Å². The number of Topliss-reactive ketones (excluding diaryl/α,β-unsaturated/α-hetero) is 2. The third kappa shape index (κ3) is 11.9. The quantitative estimate of drug-likeness (QED) is 0.0493. The number of anilines is 2. The summed E-state index contributed by atoms with van der Waals surface area (Å²) in [7, 11) is 0. The van der Waals surface area contributed by atoms with Crippen LogP contribution in [0.3, 0.4) is 0 Å². The number of fused-ring (bicyclic) bond motifs is 2. The molecule has 0 radical (unpaired) electrons. The van der Waals surface area contributed by atoms with Crippen molar-refractivity contribution in [3.8, 4) is 16.9 Å². The summed E-state index contributed by atoms with van der Waals surface area (Å²) in [6.07, 6.45) is 2.02. The Balaban J connectivity index is 0.619. The van der Waals surface area contributed by atoms with Gasteiger partial charge in [0.25, 0.3) is 17.7 Å². The van der Waals surface area contributed by atoms with Crippen molar-refractivity contribution in [3.63, 3.8) is 0 Å². The average molecular weight is 1030 g/mol. The first kappa shape index (κ1) is 51.3.